The van der Waals surface area contributed by atoms with E-state index in [-0.39, 0.29) is 0 Å². The minimum absolute atomic E-state index is 0.402. The van der Waals surface area contributed by atoms with Gasteiger partial charge in [-0.2, -0.15) is 4.68 Å². The zero-order chi connectivity index (χ0) is 13.2. The van der Waals surface area contributed by atoms with Crippen LogP contribution in [0.15, 0.2) is 47.1 Å². The number of ether oxygens (including phenoxy) is 1. The third-order valence-electron chi connectivity index (χ3n) is 2.77. The Labute approximate surface area is 109 Å². The molecule has 96 valence electrons. The molecule has 2 heterocycles. The fraction of sp³-hybridized carbons (Fsp3) is 0.0769. The fourth-order valence-corrected chi connectivity index (χ4v) is 1.86. The smallest absolute Gasteiger partial charge is 0.172 e. The second-order valence-corrected chi connectivity index (χ2v) is 3.88. The van der Waals surface area contributed by atoms with Gasteiger partial charge in [0.15, 0.2) is 17.3 Å². The quantitative estimate of drug-likeness (QED) is 0.776. The van der Waals surface area contributed by atoms with Crippen LogP contribution >= 0.6 is 0 Å². The molecule has 0 aliphatic heterocycles. The predicted molar refractivity (Wildman–Crippen MR) is 70.0 cm³/mol. The van der Waals surface area contributed by atoms with Crippen molar-refractivity contribution in [1.82, 2.24) is 15.0 Å². The Morgan fingerprint density at radius 2 is 2.05 bits per heavy atom. The molecule has 2 N–H and O–H groups in total. The Morgan fingerprint density at radius 3 is 2.79 bits per heavy atom. The van der Waals surface area contributed by atoms with Crippen LogP contribution in [0, 0.1) is 0 Å². The van der Waals surface area contributed by atoms with E-state index >= 15 is 0 Å². The Balaban J connectivity index is 2.12. The van der Waals surface area contributed by atoms with Crippen LogP contribution in [0.5, 0.6) is 5.75 Å². The van der Waals surface area contributed by atoms with Crippen LogP contribution in [0.3, 0.4) is 0 Å². The molecule has 0 aliphatic carbocycles. The molecule has 0 aliphatic rings. The summed E-state index contributed by atoms with van der Waals surface area (Å²) in [6, 6.07) is 11.0. The van der Waals surface area contributed by atoms with Crippen LogP contribution in [0.4, 0.5) is 5.82 Å². The minimum Gasteiger partial charge on any atom is -0.494 e. The molecule has 3 rings (SSSR count). The number of nitrogens with two attached hydrogens (primary N) is 1. The van der Waals surface area contributed by atoms with Gasteiger partial charge in [-0.05, 0) is 24.3 Å². The number of anilines is 1. The van der Waals surface area contributed by atoms with Gasteiger partial charge >= 0.3 is 0 Å². The van der Waals surface area contributed by atoms with Crippen molar-refractivity contribution in [2.75, 3.05) is 12.8 Å². The highest BCUT2D eigenvalue weighted by Crippen LogP contribution is 2.29. The highest BCUT2D eigenvalue weighted by atomic mass is 16.5. The molecule has 3 aromatic rings. The molecular weight excluding hydrogens is 244 g/mol. The van der Waals surface area contributed by atoms with Gasteiger partial charge in [-0.15, -0.1) is 5.10 Å². The van der Waals surface area contributed by atoms with Gasteiger partial charge in [0.1, 0.15) is 11.4 Å². The standard InChI is InChI=1S/C13H12N4O2/c1-18-10-6-3-2-5-9(10)17-13(14)12(15-16-17)11-7-4-8-19-11/h2-8H,14H2,1H3. The molecule has 0 bridgehead atoms. The van der Waals surface area contributed by atoms with E-state index in [1.807, 2.05) is 24.3 Å². The molecule has 0 saturated carbocycles. The van der Waals surface area contributed by atoms with Crippen LogP contribution in [-0.2, 0) is 0 Å². The van der Waals surface area contributed by atoms with Gasteiger partial charge < -0.3 is 14.9 Å². The number of nitrogen functional groups attached to an aromatic ring is 1. The van der Waals surface area contributed by atoms with Crippen LogP contribution < -0.4 is 10.5 Å². The van der Waals surface area contributed by atoms with Gasteiger partial charge in [0.05, 0.1) is 13.4 Å². The second kappa shape index (κ2) is 4.49. The molecule has 0 radical (unpaired) electrons. The molecule has 6 heteroatoms. The summed E-state index contributed by atoms with van der Waals surface area (Å²) in [6.07, 6.45) is 1.57. The lowest BCUT2D eigenvalue weighted by Gasteiger charge is -2.08. The van der Waals surface area contributed by atoms with Crippen molar-refractivity contribution in [3.63, 3.8) is 0 Å². The van der Waals surface area contributed by atoms with Crippen molar-refractivity contribution < 1.29 is 9.15 Å². The van der Waals surface area contributed by atoms with Gasteiger partial charge in [-0.25, -0.2) is 0 Å². The Kier molecular flexibility index (Phi) is 2.68. The summed E-state index contributed by atoms with van der Waals surface area (Å²) in [7, 11) is 1.60. The zero-order valence-corrected chi connectivity index (χ0v) is 10.3. The van der Waals surface area contributed by atoms with Crippen LogP contribution in [0.1, 0.15) is 0 Å². The molecule has 6 nitrogen and oxygen atoms in total. The van der Waals surface area contributed by atoms with Crippen molar-refractivity contribution >= 4 is 5.82 Å². The number of para-hydroxylation sites is 2. The minimum atomic E-state index is 0.402. The SMILES string of the molecule is COc1ccccc1-n1nnc(-c2ccco2)c1N. The summed E-state index contributed by atoms with van der Waals surface area (Å²) < 4.78 is 12.1. The van der Waals surface area contributed by atoms with E-state index < -0.39 is 0 Å². The number of furan rings is 1. The first-order valence-electron chi connectivity index (χ1n) is 5.69. The molecule has 1 aromatic carbocycles. The summed E-state index contributed by atoms with van der Waals surface area (Å²) in [5.74, 6) is 1.66. The van der Waals surface area contributed by atoms with Gasteiger partial charge in [-0.3, -0.25) is 0 Å². The lowest BCUT2D eigenvalue weighted by Crippen LogP contribution is -2.04. The maximum atomic E-state index is 6.07. The molecular formula is C13H12N4O2. The zero-order valence-electron chi connectivity index (χ0n) is 10.3. The van der Waals surface area contributed by atoms with Gasteiger partial charge in [0, 0.05) is 0 Å². The summed E-state index contributed by atoms with van der Waals surface area (Å²) in [4.78, 5) is 0. The van der Waals surface area contributed by atoms with Gasteiger partial charge in [0.2, 0.25) is 0 Å². The number of benzene rings is 1. The maximum Gasteiger partial charge on any atom is 0.172 e. The number of hydrogen-bond donors (Lipinski definition) is 1. The fourth-order valence-electron chi connectivity index (χ4n) is 1.86. The van der Waals surface area contributed by atoms with E-state index in [0.29, 0.717) is 23.0 Å². The lowest BCUT2D eigenvalue weighted by molar-refractivity contribution is 0.411. The van der Waals surface area contributed by atoms with E-state index in [0.717, 1.165) is 5.69 Å². The average Bonchev–Trinajstić information content (AvgIpc) is 3.08. The topological polar surface area (TPSA) is 79.1 Å². The lowest BCUT2D eigenvalue weighted by atomic mass is 10.3. The molecule has 0 saturated heterocycles. The van der Waals surface area contributed by atoms with E-state index in [9.17, 15) is 0 Å². The third-order valence-corrected chi connectivity index (χ3v) is 2.77. The van der Waals surface area contributed by atoms with Crippen LogP contribution in [0.2, 0.25) is 0 Å². The first-order valence-corrected chi connectivity index (χ1v) is 5.69. The number of methoxy groups -OCH3 is 1. The first kappa shape index (κ1) is 11.3. The summed E-state index contributed by atoms with van der Waals surface area (Å²) in [6.45, 7) is 0. The number of rotatable bonds is 3. The van der Waals surface area contributed by atoms with Crippen molar-refractivity contribution in [2.24, 2.45) is 0 Å². The van der Waals surface area contributed by atoms with Crippen molar-refractivity contribution in [2.45, 2.75) is 0 Å². The Hall–Kier alpha value is -2.76. The highest BCUT2D eigenvalue weighted by molar-refractivity contribution is 5.67. The summed E-state index contributed by atoms with van der Waals surface area (Å²) in [5, 5.41) is 8.10. The molecule has 0 spiro atoms. The number of aromatic nitrogens is 3. The molecule has 0 atom stereocenters. The van der Waals surface area contributed by atoms with Crippen LogP contribution in [0.25, 0.3) is 17.1 Å². The molecule has 19 heavy (non-hydrogen) atoms. The van der Waals surface area contributed by atoms with E-state index in [1.165, 1.54) is 4.68 Å². The van der Waals surface area contributed by atoms with E-state index in [4.69, 9.17) is 14.9 Å². The summed E-state index contributed by atoms with van der Waals surface area (Å²) >= 11 is 0. The average molecular weight is 256 g/mol. The summed E-state index contributed by atoms with van der Waals surface area (Å²) in [5.41, 5.74) is 7.31. The largest absolute Gasteiger partial charge is 0.494 e. The molecule has 0 amide bonds. The second-order valence-electron chi connectivity index (χ2n) is 3.88. The molecule has 0 fully saturated rings. The Bertz CT molecular complexity index is 688. The van der Waals surface area contributed by atoms with Crippen molar-refractivity contribution in [3.05, 3.63) is 42.7 Å². The van der Waals surface area contributed by atoms with Gasteiger partial charge in [0.25, 0.3) is 0 Å². The van der Waals surface area contributed by atoms with Crippen LogP contribution in [-0.4, -0.2) is 22.1 Å². The normalized spacial score (nSPS) is 10.6. The van der Waals surface area contributed by atoms with E-state index in [2.05, 4.69) is 10.3 Å². The molecule has 0 unspecified atom stereocenters. The molecule has 2 aromatic heterocycles. The number of hydrogen-bond acceptors (Lipinski definition) is 5. The first-order chi connectivity index (χ1) is 9.31. The number of nitrogens with zero attached hydrogens (tertiary/aromatic N) is 3. The maximum absolute atomic E-state index is 6.07. The predicted octanol–water partition coefficient (Wildman–Crippen LogP) is 2.12. The van der Waals surface area contributed by atoms with E-state index in [1.54, 1.807) is 25.5 Å². The van der Waals surface area contributed by atoms with Gasteiger partial charge in [-0.1, -0.05) is 17.3 Å². The third kappa shape index (κ3) is 1.83. The Morgan fingerprint density at radius 1 is 1.21 bits per heavy atom. The van der Waals surface area contributed by atoms with Crippen molar-refractivity contribution in [1.29, 1.82) is 0 Å². The van der Waals surface area contributed by atoms with Crippen molar-refractivity contribution in [3.8, 4) is 22.9 Å². The highest BCUT2D eigenvalue weighted by Gasteiger charge is 2.16. The monoisotopic (exact) mass is 256 g/mol.